The number of hydrogen-bond acceptors (Lipinski definition) is 3. The Kier molecular flexibility index (Phi) is 5.75. The summed E-state index contributed by atoms with van der Waals surface area (Å²) in [7, 11) is 0. The van der Waals surface area contributed by atoms with Crippen molar-refractivity contribution >= 4 is 5.91 Å². The van der Waals surface area contributed by atoms with Crippen LogP contribution < -0.4 is 15.8 Å². The van der Waals surface area contributed by atoms with Crippen LogP contribution in [0.4, 0.5) is 0 Å². The van der Waals surface area contributed by atoms with Gasteiger partial charge in [0.25, 0.3) is 5.91 Å². The first-order valence-electron chi connectivity index (χ1n) is 5.85. The molecule has 0 radical (unpaired) electrons. The zero-order valence-corrected chi connectivity index (χ0v) is 10.5. The van der Waals surface area contributed by atoms with Crippen LogP contribution in [0.15, 0.2) is 24.3 Å². The molecule has 0 heterocycles. The van der Waals surface area contributed by atoms with Crippen molar-refractivity contribution in [2.75, 3.05) is 13.2 Å². The fourth-order valence-corrected chi connectivity index (χ4v) is 1.40. The van der Waals surface area contributed by atoms with E-state index in [1.807, 2.05) is 19.1 Å². The summed E-state index contributed by atoms with van der Waals surface area (Å²) in [6, 6.07) is 7.46. The molecule has 1 aromatic carbocycles. The first-order chi connectivity index (χ1) is 8.67. The average molecular weight is 246 g/mol. The molecule has 0 aliphatic carbocycles. The quantitative estimate of drug-likeness (QED) is 0.742. The van der Waals surface area contributed by atoms with Gasteiger partial charge in [0.15, 0.2) is 6.61 Å². The molecule has 1 aromatic rings. The van der Waals surface area contributed by atoms with Crippen LogP contribution in [0.2, 0.25) is 0 Å². The van der Waals surface area contributed by atoms with Gasteiger partial charge in [0.1, 0.15) is 5.75 Å². The van der Waals surface area contributed by atoms with E-state index in [9.17, 15) is 4.79 Å². The number of carbonyl (C=O) groups excluding carboxylic acids is 1. The van der Waals surface area contributed by atoms with Gasteiger partial charge in [-0.2, -0.15) is 0 Å². The first kappa shape index (κ1) is 14.1. The highest BCUT2D eigenvalue weighted by Gasteiger charge is 2.04. The summed E-state index contributed by atoms with van der Waals surface area (Å²) >= 11 is 0. The van der Waals surface area contributed by atoms with E-state index in [0.717, 1.165) is 12.0 Å². The second-order valence-corrected chi connectivity index (χ2v) is 3.85. The highest BCUT2D eigenvalue weighted by atomic mass is 16.5. The number of terminal acetylenes is 1. The number of amides is 1. The number of nitrogens with two attached hydrogens (primary N) is 1. The van der Waals surface area contributed by atoms with Crippen LogP contribution in [0.1, 0.15) is 24.9 Å². The van der Waals surface area contributed by atoms with Crippen molar-refractivity contribution in [1.82, 2.24) is 5.32 Å². The largest absolute Gasteiger partial charge is 0.484 e. The van der Waals surface area contributed by atoms with E-state index in [1.54, 1.807) is 12.1 Å². The van der Waals surface area contributed by atoms with E-state index in [1.165, 1.54) is 0 Å². The standard InChI is InChI=1S/C14H18N2O2/c1-3-9-16-14(17)10-18-12-7-5-11(6-8-12)13(15)4-2/h1,5-8,13H,4,9-10,15H2,2H3,(H,16,17)/t13-/m0/s1. The molecule has 0 aliphatic rings. The number of carbonyl (C=O) groups is 1. The lowest BCUT2D eigenvalue weighted by Gasteiger charge is -2.10. The lowest BCUT2D eigenvalue weighted by molar-refractivity contribution is -0.122. The van der Waals surface area contributed by atoms with E-state index in [-0.39, 0.29) is 25.1 Å². The van der Waals surface area contributed by atoms with E-state index >= 15 is 0 Å². The predicted molar refractivity (Wildman–Crippen MR) is 71.0 cm³/mol. The Hall–Kier alpha value is -1.99. The molecule has 0 spiro atoms. The zero-order valence-electron chi connectivity index (χ0n) is 10.5. The molecule has 0 fully saturated rings. The van der Waals surface area contributed by atoms with Gasteiger partial charge in [-0.3, -0.25) is 4.79 Å². The maximum Gasteiger partial charge on any atom is 0.258 e. The van der Waals surface area contributed by atoms with Gasteiger partial charge in [0.2, 0.25) is 0 Å². The highest BCUT2D eigenvalue weighted by Crippen LogP contribution is 2.18. The number of rotatable bonds is 6. The van der Waals surface area contributed by atoms with Crippen molar-refractivity contribution in [2.45, 2.75) is 19.4 Å². The van der Waals surface area contributed by atoms with Gasteiger partial charge in [-0.15, -0.1) is 6.42 Å². The Morgan fingerprint density at radius 2 is 2.17 bits per heavy atom. The van der Waals surface area contributed by atoms with Crippen molar-refractivity contribution in [1.29, 1.82) is 0 Å². The molecule has 96 valence electrons. The lowest BCUT2D eigenvalue weighted by Crippen LogP contribution is -2.29. The van der Waals surface area contributed by atoms with Gasteiger partial charge in [-0.05, 0) is 24.1 Å². The van der Waals surface area contributed by atoms with Crippen molar-refractivity contribution < 1.29 is 9.53 Å². The average Bonchev–Trinajstić information content (AvgIpc) is 2.42. The van der Waals surface area contributed by atoms with Gasteiger partial charge in [0, 0.05) is 6.04 Å². The molecule has 0 aromatic heterocycles. The van der Waals surface area contributed by atoms with Gasteiger partial charge in [-0.25, -0.2) is 0 Å². The third-order valence-electron chi connectivity index (χ3n) is 2.51. The maximum atomic E-state index is 11.2. The fraction of sp³-hybridized carbons (Fsp3) is 0.357. The lowest BCUT2D eigenvalue weighted by atomic mass is 10.1. The van der Waals surface area contributed by atoms with E-state index < -0.39 is 0 Å². The van der Waals surface area contributed by atoms with Crippen molar-refractivity contribution in [3.63, 3.8) is 0 Å². The Bertz CT molecular complexity index is 420. The SMILES string of the molecule is C#CCNC(=O)COc1ccc([C@@H](N)CC)cc1. The van der Waals surface area contributed by atoms with Gasteiger partial charge >= 0.3 is 0 Å². The molecule has 3 N–H and O–H groups in total. The summed E-state index contributed by atoms with van der Waals surface area (Å²) in [4.78, 5) is 11.2. The van der Waals surface area contributed by atoms with Crippen molar-refractivity contribution in [3.8, 4) is 18.1 Å². The minimum Gasteiger partial charge on any atom is -0.484 e. The number of benzene rings is 1. The molecule has 4 nitrogen and oxygen atoms in total. The summed E-state index contributed by atoms with van der Waals surface area (Å²) < 4.78 is 5.31. The second-order valence-electron chi connectivity index (χ2n) is 3.85. The van der Waals surface area contributed by atoms with Crippen LogP contribution in [0, 0.1) is 12.3 Å². The topological polar surface area (TPSA) is 64.3 Å². The molecule has 0 unspecified atom stereocenters. The fourth-order valence-electron chi connectivity index (χ4n) is 1.40. The van der Waals surface area contributed by atoms with E-state index in [4.69, 9.17) is 16.9 Å². The Morgan fingerprint density at radius 1 is 1.50 bits per heavy atom. The van der Waals surface area contributed by atoms with Crippen LogP contribution >= 0.6 is 0 Å². The van der Waals surface area contributed by atoms with Gasteiger partial charge in [0.05, 0.1) is 6.54 Å². The Balaban J connectivity index is 2.44. The van der Waals surface area contributed by atoms with Crippen LogP contribution in [0.3, 0.4) is 0 Å². The van der Waals surface area contributed by atoms with Crippen molar-refractivity contribution in [2.24, 2.45) is 5.73 Å². The van der Waals surface area contributed by atoms with Crippen molar-refractivity contribution in [3.05, 3.63) is 29.8 Å². The first-order valence-corrected chi connectivity index (χ1v) is 5.85. The Morgan fingerprint density at radius 3 is 2.72 bits per heavy atom. The van der Waals surface area contributed by atoms with E-state index in [0.29, 0.717) is 5.75 Å². The summed E-state index contributed by atoms with van der Waals surface area (Å²) in [5, 5.41) is 2.52. The second kappa shape index (κ2) is 7.36. The summed E-state index contributed by atoms with van der Waals surface area (Å²) in [5.41, 5.74) is 6.95. The third-order valence-corrected chi connectivity index (χ3v) is 2.51. The maximum absolute atomic E-state index is 11.2. The molecule has 1 rings (SSSR count). The molecule has 0 saturated heterocycles. The monoisotopic (exact) mass is 246 g/mol. The molecule has 18 heavy (non-hydrogen) atoms. The van der Waals surface area contributed by atoms with Gasteiger partial charge < -0.3 is 15.8 Å². The van der Waals surface area contributed by atoms with Crippen LogP contribution in [0.25, 0.3) is 0 Å². The normalized spacial score (nSPS) is 11.4. The smallest absolute Gasteiger partial charge is 0.258 e. The molecular weight excluding hydrogens is 228 g/mol. The summed E-state index contributed by atoms with van der Waals surface area (Å²) in [6.45, 7) is 2.21. The van der Waals surface area contributed by atoms with Crippen LogP contribution in [-0.2, 0) is 4.79 Å². The number of ether oxygens (including phenoxy) is 1. The predicted octanol–water partition coefficient (Wildman–Crippen LogP) is 1.22. The number of hydrogen-bond donors (Lipinski definition) is 2. The summed E-state index contributed by atoms with van der Waals surface area (Å²) in [6.07, 6.45) is 5.91. The molecule has 1 amide bonds. The third kappa shape index (κ3) is 4.48. The van der Waals surface area contributed by atoms with Crippen LogP contribution in [-0.4, -0.2) is 19.1 Å². The van der Waals surface area contributed by atoms with E-state index in [2.05, 4.69) is 11.2 Å². The molecule has 1 atom stereocenters. The summed E-state index contributed by atoms with van der Waals surface area (Å²) in [5.74, 6) is 2.72. The molecule has 4 heteroatoms. The Labute approximate surface area is 108 Å². The minimum atomic E-state index is -0.234. The molecule has 0 aliphatic heterocycles. The zero-order chi connectivity index (χ0) is 13.4. The number of nitrogens with one attached hydrogen (secondary N) is 1. The highest BCUT2D eigenvalue weighted by molar-refractivity contribution is 5.77. The minimum absolute atomic E-state index is 0.0398. The molecular formula is C14H18N2O2. The molecule has 0 bridgehead atoms. The van der Waals surface area contributed by atoms with Gasteiger partial charge in [-0.1, -0.05) is 25.0 Å². The van der Waals surface area contributed by atoms with Crippen LogP contribution in [0.5, 0.6) is 5.75 Å². The molecule has 0 saturated carbocycles.